The van der Waals surface area contributed by atoms with E-state index in [2.05, 4.69) is 25.1 Å². The van der Waals surface area contributed by atoms with Gasteiger partial charge in [0.15, 0.2) is 10.9 Å². The first kappa shape index (κ1) is 24.4. The Morgan fingerprint density at radius 3 is 2.26 bits per heavy atom. The van der Waals surface area contributed by atoms with Gasteiger partial charge in [0.05, 0.1) is 22.6 Å². The highest BCUT2D eigenvalue weighted by Crippen LogP contribution is 2.32. The van der Waals surface area contributed by atoms with E-state index in [1.54, 1.807) is 18.3 Å². The average Bonchev–Trinajstić information content (AvgIpc) is 2.83. The topological polar surface area (TPSA) is 125 Å². The number of rotatable bonds is 6. The van der Waals surface area contributed by atoms with Crippen LogP contribution in [0, 0.1) is 11.6 Å². The first-order chi connectivity index (χ1) is 16.6. The highest BCUT2D eigenvalue weighted by atomic mass is 32.2. The molecule has 0 saturated carbocycles. The maximum Gasteiger partial charge on any atom is 0.255 e. The lowest BCUT2D eigenvalue weighted by atomic mass is 9.92. The van der Waals surface area contributed by atoms with Crippen molar-refractivity contribution in [2.24, 2.45) is 5.14 Å². The third kappa shape index (κ3) is 5.05. The fourth-order valence-electron chi connectivity index (χ4n) is 3.65. The van der Waals surface area contributed by atoms with E-state index in [0.717, 1.165) is 5.56 Å². The summed E-state index contributed by atoms with van der Waals surface area (Å²) in [5, 5.41) is 13.3. The Balaban J connectivity index is 1.72. The summed E-state index contributed by atoms with van der Waals surface area (Å²) in [6, 6.07) is 9.85. The van der Waals surface area contributed by atoms with Gasteiger partial charge in [-0.3, -0.25) is 0 Å². The van der Waals surface area contributed by atoms with E-state index in [0.29, 0.717) is 22.8 Å². The highest BCUT2D eigenvalue weighted by Gasteiger charge is 2.22. The number of sulfonamides is 1. The van der Waals surface area contributed by atoms with E-state index < -0.39 is 21.7 Å². The molecule has 0 spiro atoms. The van der Waals surface area contributed by atoms with Crippen LogP contribution in [0.3, 0.4) is 0 Å². The summed E-state index contributed by atoms with van der Waals surface area (Å²) < 4.78 is 51.5. The first-order valence-electron chi connectivity index (χ1n) is 10.7. The van der Waals surface area contributed by atoms with E-state index >= 15 is 0 Å². The molecule has 0 fully saturated rings. The number of halogens is 2. The molecule has 3 heterocycles. The third-order valence-electron chi connectivity index (χ3n) is 5.51. The Morgan fingerprint density at radius 2 is 1.66 bits per heavy atom. The number of aromatic nitrogens is 5. The molecule has 4 aromatic rings. The molecule has 0 aliphatic carbocycles. The van der Waals surface area contributed by atoms with Gasteiger partial charge < -0.3 is 0 Å². The number of nitrogens with two attached hydrogens (primary N) is 1. The molecule has 0 bridgehead atoms. The Hall–Kier alpha value is -3.70. The van der Waals surface area contributed by atoms with Gasteiger partial charge in [-0.15, -0.1) is 0 Å². The summed E-state index contributed by atoms with van der Waals surface area (Å²) in [7, 11) is -3.92. The van der Waals surface area contributed by atoms with Gasteiger partial charge in [-0.2, -0.15) is 10.2 Å². The van der Waals surface area contributed by atoms with Crippen molar-refractivity contribution >= 4 is 10.0 Å². The van der Waals surface area contributed by atoms with Crippen molar-refractivity contribution in [3.05, 3.63) is 83.4 Å². The zero-order chi connectivity index (χ0) is 25.3. The van der Waals surface area contributed by atoms with Crippen LogP contribution in [-0.2, 0) is 10.0 Å². The van der Waals surface area contributed by atoms with Crippen LogP contribution >= 0.6 is 0 Å². The monoisotopic (exact) mass is 496 g/mol. The fourth-order valence-corrected chi connectivity index (χ4v) is 4.11. The molecule has 0 radical (unpaired) electrons. The van der Waals surface area contributed by atoms with E-state index in [9.17, 15) is 17.2 Å². The third-order valence-corrected chi connectivity index (χ3v) is 6.34. The zero-order valence-corrected chi connectivity index (χ0v) is 20.0. The summed E-state index contributed by atoms with van der Waals surface area (Å²) in [6.45, 7) is 5.81. The minimum atomic E-state index is -3.92. The Kier molecular flexibility index (Phi) is 6.64. The maximum atomic E-state index is 14.3. The van der Waals surface area contributed by atoms with Gasteiger partial charge in [0.2, 0.25) is 0 Å². The Bertz CT molecular complexity index is 1470. The molecule has 0 aliphatic rings. The second-order valence-electron chi connectivity index (χ2n) is 8.28. The van der Waals surface area contributed by atoms with Crippen molar-refractivity contribution in [2.45, 2.75) is 37.6 Å². The highest BCUT2D eigenvalue weighted by molar-refractivity contribution is 7.89. The predicted molar refractivity (Wildman–Crippen MR) is 126 cm³/mol. The molecule has 11 heteroatoms. The van der Waals surface area contributed by atoms with Gasteiger partial charge in [0.1, 0.15) is 11.6 Å². The molecule has 1 atom stereocenters. The van der Waals surface area contributed by atoms with Crippen LogP contribution in [0.1, 0.15) is 49.6 Å². The lowest BCUT2D eigenvalue weighted by Gasteiger charge is -2.18. The van der Waals surface area contributed by atoms with Crippen molar-refractivity contribution in [1.29, 1.82) is 0 Å². The molecule has 0 saturated heterocycles. The SMILES string of the molecule is CC(C)c1cc(-c2c(F)cccc2F)nnc1C(C)c1ccnc(-c2ccc(S(N)(=O)=O)nc2)n1. The molecular formula is C24H22F2N6O2S. The van der Waals surface area contributed by atoms with E-state index in [4.69, 9.17) is 5.14 Å². The average molecular weight is 497 g/mol. The molecular weight excluding hydrogens is 474 g/mol. The first-order valence-corrected chi connectivity index (χ1v) is 12.2. The van der Waals surface area contributed by atoms with E-state index in [1.165, 1.54) is 36.5 Å². The molecule has 1 unspecified atom stereocenters. The predicted octanol–water partition coefficient (Wildman–Crippen LogP) is 4.20. The van der Waals surface area contributed by atoms with E-state index in [-0.39, 0.29) is 28.1 Å². The summed E-state index contributed by atoms with van der Waals surface area (Å²) in [5.74, 6) is -1.41. The van der Waals surface area contributed by atoms with E-state index in [1.807, 2.05) is 20.8 Å². The lowest BCUT2D eigenvalue weighted by Crippen LogP contribution is -2.13. The molecule has 180 valence electrons. The normalized spacial score (nSPS) is 12.7. The largest absolute Gasteiger partial charge is 0.255 e. The van der Waals surface area contributed by atoms with Crippen LogP contribution in [0.5, 0.6) is 0 Å². The maximum absolute atomic E-state index is 14.3. The zero-order valence-electron chi connectivity index (χ0n) is 19.1. The van der Waals surface area contributed by atoms with Gasteiger partial charge in [0.25, 0.3) is 10.0 Å². The summed E-state index contributed by atoms with van der Waals surface area (Å²) >= 11 is 0. The van der Waals surface area contributed by atoms with Gasteiger partial charge >= 0.3 is 0 Å². The van der Waals surface area contributed by atoms with Gasteiger partial charge in [-0.25, -0.2) is 37.3 Å². The van der Waals surface area contributed by atoms with Gasteiger partial charge in [-0.1, -0.05) is 26.8 Å². The Labute approximate surface area is 201 Å². The summed E-state index contributed by atoms with van der Waals surface area (Å²) in [5.41, 5.74) is 2.43. The molecule has 0 aliphatic heterocycles. The number of nitrogens with zero attached hydrogens (tertiary/aromatic N) is 5. The van der Waals surface area contributed by atoms with Crippen molar-refractivity contribution in [2.75, 3.05) is 0 Å². The standard InChI is InChI=1S/C24H22F2N6O2S/c1-13(2)16-11-20(22-17(25)5-4-6-18(22)26)31-32-23(16)14(3)19-9-10-28-24(30-19)15-7-8-21(29-12-15)35(27,33)34/h4-14H,1-3H3,(H2,27,33,34). The van der Waals surface area contributed by atoms with Gasteiger partial charge in [-0.05, 0) is 47.9 Å². The summed E-state index contributed by atoms with van der Waals surface area (Å²) in [4.78, 5) is 12.7. The van der Waals surface area contributed by atoms with Crippen molar-refractivity contribution in [3.63, 3.8) is 0 Å². The van der Waals surface area contributed by atoms with Crippen LogP contribution in [0.4, 0.5) is 8.78 Å². The second kappa shape index (κ2) is 9.51. The Morgan fingerprint density at radius 1 is 0.943 bits per heavy atom. The number of hydrogen-bond donors (Lipinski definition) is 1. The quantitative estimate of drug-likeness (QED) is 0.424. The van der Waals surface area contributed by atoms with Crippen molar-refractivity contribution in [1.82, 2.24) is 25.1 Å². The molecule has 1 aromatic carbocycles. The van der Waals surface area contributed by atoms with Crippen LogP contribution in [0.25, 0.3) is 22.6 Å². The molecule has 35 heavy (non-hydrogen) atoms. The van der Waals surface area contributed by atoms with Crippen LogP contribution in [-0.4, -0.2) is 33.6 Å². The number of primary sulfonamides is 1. The van der Waals surface area contributed by atoms with Gasteiger partial charge in [0, 0.05) is 23.9 Å². The second-order valence-corrected chi connectivity index (χ2v) is 9.79. The van der Waals surface area contributed by atoms with Crippen LogP contribution < -0.4 is 5.14 Å². The lowest BCUT2D eigenvalue weighted by molar-refractivity contribution is 0.587. The molecule has 3 aromatic heterocycles. The van der Waals surface area contributed by atoms with Crippen LogP contribution in [0.2, 0.25) is 0 Å². The number of benzene rings is 1. The van der Waals surface area contributed by atoms with Crippen molar-refractivity contribution < 1.29 is 17.2 Å². The number of pyridine rings is 1. The fraction of sp³-hybridized carbons (Fsp3) is 0.208. The number of hydrogen-bond acceptors (Lipinski definition) is 7. The van der Waals surface area contributed by atoms with Crippen LogP contribution in [0.15, 0.2) is 59.9 Å². The minimum Gasteiger partial charge on any atom is -0.243 e. The smallest absolute Gasteiger partial charge is 0.243 e. The molecule has 2 N–H and O–H groups in total. The molecule has 8 nitrogen and oxygen atoms in total. The minimum absolute atomic E-state index is 0.00667. The molecule has 4 rings (SSSR count). The molecule has 0 amide bonds. The summed E-state index contributed by atoms with van der Waals surface area (Å²) in [6.07, 6.45) is 2.91. The van der Waals surface area contributed by atoms with Crippen molar-refractivity contribution in [3.8, 4) is 22.6 Å².